The van der Waals surface area contributed by atoms with Crippen LogP contribution in [0, 0.1) is 5.92 Å². The monoisotopic (exact) mass is 401 g/mol. The summed E-state index contributed by atoms with van der Waals surface area (Å²) in [5, 5.41) is 14.0. The van der Waals surface area contributed by atoms with Crippen molar-refractivity contribution in [2.24, 2.45) is 5.92 Å². The van der Waals surface area contributed by atoms with E-state index < -0.39 is 30.1 Å². The molecule has 9 heteroatoms. The molecule has 9 nitrogen and oxygen atoms in total. The second kappa shape index (κ2) is 11.4. The molecule has 3 N–H and O–H groups in total. The number of hydrogen-bond acceptors (Lipinski definition) is 6. The van der Waals surface area contributed by atoms with Gasteiger partial charge in [-0.3, -0.25) is 9.59 Å². The molecule has 0 aliphatic carbocycles. The first kappa shape index (κ1) is 25.6. The van der Waals surface area contributed by atoms with Gasteiger partial charge in [0, 0.05) is 13.6 Å². The number of ether oxygens (including phenoxy) is 2. The lowest BCUT2D eigenvalue weighted by Gasteiger charge is -2.32. The predicted molar refractivity (Wildman–Crippen MR) is 106 cm³/mol. The number of carboxylic acid groups (broad SMARTS) is 1. The minimum absolute atomic E-state index is 0.112. The minimum atomic E-state index is -1.14. The summed E-state index contributed by atoms with van der Waals surface area (Å²) in [5.41, 5.74) is -0.423. The maximum Gasteiger partial charge on any atom is 0.407 e. The fourth-order valence-electron chi connectivity index (χ4n) is 2.44. The quantitative estimate of drug-likeness (QED) is 0.378. The zero-order chi connectivity index (χ0) is 22.1. The Labute approximate surface area is 167 Å². The molecule has 28 heavy (non-hydrogen) atoms. The van der Waals surface area contributed by atoms with Gasteiger partial charge in [-0.05, 0) is 33.6 Å². The maximum atomic E-state index is 12.5. The van der Waals surface area contributed by atoms with Gasteiger partial charge in [0.1, 0.15) is 23.6 Å². The highest BCUT2D eigenvalue weighted by molar-refractivity contribution is 5.94. The largest absolute Gasteiger partial charge is 0.499 e. The van der Waals surface area contributed by atoms with Crippen molar-refractivity contribution in [3.63, 3.8) is 0 Å². The topological polar surface area (TPSA) is 117 Å². The first-order chi connectivity index (χ1) is 12.8. The summed E-state index contributed by atoms with van der Waals surface area (Å²) in [6.45, 7) is 10.8. The normalized spacial score (nSPS) is 14.3. The van der Waals surface area contributed by atoms with Crippen molar-refractivity contribution in [3.8, 4) is 0 Å². The SMILES string of the molecule is CCC(C)C(CN(C)/C(C(=O)NCC(=O)O)=C(/C)OC)NC(=O)OC(C)(C)C. The van der Waals surface area contributed by atoms with Crippen molar-refractivity contribution in [2.75, 3.05) is 27.2 Å². The molecule has 0 fully saturated rings. The molecular formula is C19H35N3O6. The summed E-state index contributed by atoms with van der Waals surface area (Å²) in [5.74, 6) is -1.26. The minimum Gasteiger partial charge on any atom is -0.499 e. The molecule has 2 atom stereocenters. The lowest BCUT2D eigenvalue weighted by atomic mass is 9.98. The maximum absolute atomic E-state index is 12.5. The molecule has 2 amide bonds. The van der Waals surface area contributed by atoms with E-state index in [0.717, 1.165) is 6.42 Å². The molecule has 0 aliphatic rings. The summed E-state index contributed by atoms with van der Waals surface area (Å²) in [6.07, 6.45) is 0.275. The Morgan fingerprint density at radius 3 is 2.21 bits per heavy atom. The van der Waals surface area contributed by atoms with E-state index in [2.05, 4.69) is 10.6 Å². The van der Waals surface area contributed by atoms with Crippen LogP contribution in [0.25, 0.3) is 0 Å². The third kappa shape index (κ3) is 9.48. The summed E-state index contributed by atoms with van der Waals surface area (Å²) < 4.78 is 10.5. The van der Waals surface area contributed by atoms with Crippen molar-refractivity contribution < 1.29 is 29.0 Å². The van der Waals surface area contributed by atoms with Gasteiger partial charge in [0.25, 0.3) is 5.91 Å². The Hall–Kier alpha value is -2.45. The first-order valence-corrected chi connectivity index (χ1v) is 9.27. The standard InChI is InChI=1S/C19H35N3O6/c1-9-12(2)14(21-18(26)28-19(4,5)6)11-22(7)16(13(3)27-8)17(25)20-10-15(23)24/h12,14H,9-11H2,1-8H3,(H,20,25)(H,21,26)(H,23,24)/b16-13-. The van der Waals surface area contributed by atoms with E-state index in [4.69, 9.17) is 14.6 Å². The molecule has 0 aromatic heterocycles. The average Bonchev–Trinajstić information content (AvgIpc) is 2.56. The number of carboxylic acids is 1. The summed E-state index contributed by atoms with van der Waals surface area (Å²) >= 11 is 0. The van der Waals surface area contributed by atoms with Crippen molar-refractivity contribution in [2.45, 2.75) is 59.6 Å². The van der Waals surface area contributed by atoms with E-state index in [1.807, 2.05) is 13.8 Å². The number of hydrogen-bond donors (Lipinski definition) is 3. The second-order valence-electron chi connectivity index (χ2n) is 7.70. The highest BCUT2D eigenvalue weighted by Gasteiger charge is 2.27. The number of alkyl carbamates (subject to hydrolysis) is 1. The number of nitrogens with one attached hydrogen (secondary N) is 2. The lowest BCUT2D eigenvalue weighted by molar-refractivity contribution is -0.137. The van der Waals surface area contributed by atoms with Gasteiger partial charge in [0.2, 0.25) is 0 Å². The van der Waals surface area contributed by atoms with Crippen LogP contribution in [-0.4, -0.2) is 66.9 Å². The Morgan fingerprint density at radius 2 is 1.79 bits per heavy atom. The van der Waals surface area contributed by atoms with Crippen LogP contribution < -0.4 is 10.6 Å². The third-order valence-electron chi connectivity index (χ3n) is 4.14. The molecule has 0 rings (SSSR count). The van der Waals surface area contributed by atoms with E-state index in [-0.39, 0.29) is 17.7 Å². The smallest absolute Gasteiger partial charge is 0.407 e. The molecule has 0 saturated heterocycles. The Balaban J connectivity index is 5.42. The van der Waals surface area contributed by atoms with Gasteiger partial charge >= 0.3 is 12.1 Å². The Bertz CT molecular complexity index is 583. The number of nitrogens with zero attached hydrogens (tertiary/aromatic N) is 1. The molecule has 0 radical (unpaired) electrons. The Morgan fingerprint density at radius 1 is 1.21 bits per heavy atom. The van der Waals surface area contributed by atoms with Crippen LogP contribution in [0.15, 0.2) is 11.5 Å². The van der Waals surface area contributed by atoms with Gasteiger partial charge in [-0.2, -0.15) is 0 Å². The zero-order valence-electron chi connectivity index (χ0n) is 18.2. The second-order valence-corrected chi connectivity index (χ2v) is 7.70. The lowest BCUT2D eigenvalue weighted by Crippen LogP contribution is -2.49. The molecule has 2 unspecified atom stereocenters. The van der Waals surface area contributed by atoms with E-state index in [0.29, 0.717) is 12.3 Å². The van der Waals surface area contributed by atoms with Gasteiger partial charge in [-0.15, -0.1) is 0 Å². The number of methoxy groups -OCH3 is 1. The van der Waals surface area contributed by atoms with Crippen LogP contribution in [0.2, 0.25) is 0 Å². The van der Waals surface area contributed by atoms with Gasteiger partial charge in [0.15, 0.2) is 0 Å². The van der Waals surface area contributed by atoms with Crippen LogP contribution in [0.5, 0.6) is 0 Å². The fourth-order valence-corrected chi connectivity index (χ4v) is 2.44. The number of carbonyl (C=O) groups excluding carboxylic acids is 2. The number of aliphatic carboxylic acids is 1. The molecular weight excluding hydrogens is 366 g/mol. The average molecular weight is 402 g/mol. The molecule has 162 valence electrons. The van der Waals surface area contributed by atoms with E-state index >= 15 is 0 Å². The molecule has 0 spiro atoms. The first-order valence-electron chi connectivity index (χ1n) is 9.27. The molecule has 0 aromatic rings. The van der Waals surface area contributed by atoms with Gasteiger partial charge in [0.05, 0.1) is 13.2 Å². The van der Waals surface area contributed by atoms with Crippen molar-refractivity contribution in [3.05, 3.63) is 11.5 Å². The van der Waals surface area contributed by atoms with E-state index in [1.54, 1.807) is 39.6 Å². The molecule has 0 aliphatic heterocycles. The zero-order valence-corrected chi connectivity index (χ0v) is 18.2. The molecule has 0 saturated carbocycles. The summed E-state index contributed by atoms with van der Waals surface area (Å²) in [6, 6.07) is -0.295. The van der Waals surface area contributed by atoms with Crippen LogP contribution in [0.3, 0.4) is 0 Å². The molecule has 0 bridgehead atoms. The summed E-state index contributed by atoms with van der Waals surface area (Å²) in [4.78, 5) is 37.0. The number of carbonyl (C=O) groups is 3. The van der Waals surface area contributed by atoms with Crippen LogP contribution in [0.1, 0.15) is 48.0 Å². The van der Waals surface area contributed by atoms with Crippen molar-refractivity contribution in [1.82, 2.24) is 15.5 Å². The summed E-state index contributed by atoms with van der Waals surface area (Å²) in [7, 11) is 3.11. The third-order valence-corrected chi connectivity index (χ3v) is 4.14. The number of likely N-dealkylation sites (N-methyl/N-ethyl adjacent to an activating group) is 1. The van der Waals surface area contributed by atoms with Crippen molar-refractivity contribution >= 4 is 18.0 Å². The van der Waals surface area contributed by atoms with Gasteiger partial charge < -0.3 is 30.1 Å². The van der Waals surface area contributed by atoms with Crippen LogP contribution >= 0.6 is 0 Å². The number of amides is 2. The Kier molecular flexibility index (Phi) is 10.4. The van der Waals surface area contributed by atoms with Crippen molar-refractivity contribution in [1.29, 1.82) is 0 Å². The molecule has 0 aromatic carbocycles. The predicted octanol–water partition coefficient (Wildman–Crippen LogP) is 1.94. The molecule has 0 heterocycles. The highest BCUT2D eigenvalue weighted by atomic mass is 16.6. The van der Waals surface area contributed by atoms with E-state index in [9.17, 15) is 14.4 Å². The van der Waals surface area contributed by atoms with Gasteiger partial charge in [-0.25, -0.2) is 4.79 Å². The van der Waals surface area contributed by atoms with E-state index in [1.165, 1.54) is 7.11 Å². The van der Waals surface area contributed by atoms with Crippen LogP contribution in [0.4, 0.5) is 4.79 Å². The van der Waals surface area contributed by atoms with Crippen LogP contribution in [-0.2, 0) is 19.1 Å². The van der Waals surface area contributed by atoms with Gasteiger partial charge in [-0.1, -0.05) is 20.3 Å². The number of allylic oxidation sites excluding steroid dienone is 1. The fraction of sp³-hybridized carbons (Fsp3) is 0.737. The number of rotatable bonds is 10. The highest BCUT2D eigenvalue weighted by Crippen LogP contribution is 2.16.